The quantitative estimate of drug-likeness (QED) is 0.0748. The Balaban J connectivity index is 0.000000132. The summed E-state index contributed by atoms with van der Waals surface area (Å²) in [5, 5.41) is 4.07. The molecule has 510 valence electrons. The summed E-state index contributed by atoms with van der Waals surface area (Å²) < 4.78 is 38.4. The van der Waals surface area contributed by atoms with Crippen molar-refractivity contribution < 1.29 is 62.5 Å². The molecule has 12 fully saturated rings. The highest BCUT2D eigenvalue weighted by molar-refractivity contribution is 7.94. The summed E-state index contributed by atoms with van der Waals surface area (Å²) in [5.41, 5.74) is 6.13. The minimum Gasteiger partial charge on any atom is -0.462 e. The first kappa shape index (κ1) is 66.4. The van der Waals surface area contributed by atoms with Crippen LogP contribution in [0.25, 0.3) is 18.2 Å². The summed E-state index contributed by atoms with van der Waals surface area (Å²) in [6.45, 7) is 21.1. The fourth-order valence-corrected chi connectivity index (χ4v) is 23.0. The van der Waals surface area contributed by atoms with Crippen LogP contribution in [0.15, 0.2) is 192 Å². The van der Waals surface area contributed by atoms with E-state index in [1.54, 1.807) is 0 Å². The zero-order valence-corrected chi connectivity index (χ0v) is 58.6. The van der Waals surface area contributed by atoms with Gasteiger partial charge in [0, 0.05) is 54.8 Å². The third kappa shape index (κ3) is 11.4. The van der Waals surface area contributed by atoms with Crippen LogP contribution in [0.1, 0.15) is 162 Å². The molecule has 15 aliphatic rings. The largest absolute Gasteiger partial charge is 0.462 e. The van der Waals surface area contributed by atoms with Crippen molar-refractivity contribution in [3.05, 3.63) is 215 Å². The third-order valence-corrected chi connectivity index (χ3v) is 28.5. The Kier molecular flexibility index (Phi) is 17.8. The molecule has 13 nitrogen and oxygen atoms in total. The zero-order chi connectivity index (χ0) is 67.1. The van der Waals surface area contributed by atoms with Crippen LogP contribution < -0.4 is 15.9 Å². The summed E-state index contributed by atoms with van der Waals surface area (Å²) in [7, 11) is 0. The summed E-state index contributed by atoms with van der Waals surface area (Å²) >= 11 is 0. The fraction of sp³-hybridized carbons (Fsp3) is 0.470. The van der Waals surface area contributed by atoms with Crippen molar-refractivity contribution in [1.29, 1.82) is 0 Å². The molecule has 5 aromatic rings. The third-order valence-electron chi connectivity index (χ3n) is 24.4. The number of hydrogen-bond acceptors (Lipinski definition) is 13. The van der Waals surface area contributed by atoms with Gasteiger partial charge in [0.15, 0.2) is 28.8 Å². The molecule has 3 aliphatic carbocycles. The van der Waals surface area contributed by atoms with Crippen molar-refractivity contribution in [2.24, 2.45) is 53.3 Å². The molecule has 9 saturated heterocycles. The van der Waals surface area contributed by atoms with E-state index < -0.39 is 59.9 Å². The monoisotopic (exact) mass is 1330 g/mol. The molecule has 3 saturated carbocycles. The van der Waals surface area contributed by atoms with Crippen LogP contribution in [0.2, 0.25) is 0 Å². The molecule has 12 aliphatic heterocycles. The van der Waals surface area contributed by atoms with Crippen LogP contribution in [-0.2, 0) is 62.5 Å². The molecule has 0 aromatic heterocycles. The molecule has 18 atom stereocenters. The van der Waals surface area contributed by atoms with Gasteiger partial charge in [-0.05, 0) is 209 Å². The van der Waals surface area contributed by atoms with Crippen molar-refractivity contribution in [3.8, 4) is 0 Å². The number of aldehydes is 1. The average Bonchev–Trinajstić information content (AvgIpc) is 1.69. The van der Waals surface area contributed by atoms with E-state index in [-0.39, 0.29) is 17.8 Å². The van der Waals surface area contributed by atoms with Gasteiger partial charge in [-0.3, -0.25) is 4.79 Å². The molecule has 97 heavy (non-hydrogen) atoms. The maximum absolute atomic E-state index is 11.3. The summed E-state index contributed by atoms with van der Waals surface area (Å²) in [5.74, 6) is 5.38. The predicted molar refractivity (Wildman–Crippen MR) is 377 cm³/mol. The normalized spacial score (nSPS) is 38.1. The number of benzene rings is 5. The number of carbonyl (C=O) groups is 1. The van der Waals surface area contributed by atoms with Gasteiger partial charge >= 0.3 is 0 Å². The van der Waals surface area contributed by atoms with E-state index in [1.807, 2.05) is 33.8 Å². The average molecular weight is 1330 g/mol. The van der Waals surface area contributed by atoms with Crippen molar-refractivity contribution in [2.75, 3.05) is 0 Å². The van der Waals surface area contributed by atoms with E-state index in [1.165, 1.54) is 45.5 Å². The van der Waals surface area contributed by atoms with Crippen LogP contribution in [0.5, 0.6) is 0 Å². The summed E-state index contributed by atoms with van der Waals surface area (Å²) in [6, 6.07) is 49.9. The Morgan fingerprint density at radius 1 is 0.402 bits per heavy atom. The molecule has 0 amide bonds. The first-order valence-electron chi connectivity index (χ1n) is 35.7. The standard InChI is InChI=1S/C40H50O8.C27H23P.C16H22O5/c1-23-10-14-31-25(3)33(41-35-39(31)29(23)18-20-37(5,43-35)45-47-39)16-12-27-8-7-9-28(22-27)13-17-34-26(4)32-15-11-24(2)30-19-21-38(6)44-36(42-34)40(30,32)48-46-38;1-2-23-13-12-14-24(21-23)22-28(25-15-6-3-7-16-25,26-17-8-4-9-18-26)27-19-10-5-11-20-27;1-9-4-5-12-10(2)13(8-17)18-14-16(12)11(9)6-7-15(3,19-14)20-21-16/h7-9,12-13,16-17,22-24,29-32,35-36H,10-11,14-15,18-21H2,1-6H3;2-22H,1H2;8-9,11-12,14H,4-7H2,1-3H3/t23-,24-,29+,30+,31+,32+,35-,36-,37-,38-,39-,40-;;9-,11+,12+,14-,15-,16-/m1.1/s1. The second kappa shape index (κ2) is 25.9. The predicted octanol–water partition coefficient (Wildman–Crippen LogP) is 16.9. The zero-order valence-electron chi connectivity index (χ0n) is 57.7. The number of rotatable bonds is 10. The maximum atomic E-state index is 11.3. The first-order chi connectivity index (χ1) is 46.9. The number of allylic oxidation sites excluding steroid dienone is 3. The molecule has 14 heteroatoms. The Labute approximate surface area is 572 Å². The number of fused-ring (bicyclic) bond motifs is 6. The van der Waals surface area contributed by atoms with Gasteiger partial charge < -0.3 is 28.4 Å². The molecular weight excluding hydrogens is 1240 g/mol. The van der Waals surface area contributed by atoms with Crippen molar-refractivity contribution >= 4 is 53.1 Å². The highest BCUT2D eigenvalue weighted by Crippen LogP contribution is 2.64. The lowest BCUT2D eigenvalue weighted by Crippen LogP contribution is -2.66. The van der Waals surface area contributed by atoms with E-state index in [0.717, 1.165) is 104 Å². The molecule has 20 rings (SSSR count). The Morgan fingerprint density at radius 3 is 1.11 bits per heavy atom. The van der Waals surface area contributed by atoms with Gasteiger partial charge in [0.2, 0.25) is 36.2 Å². The second-order valence-corrected chi connectivity index (χ2v) is 33.5. The van der Waals surface area contributed by atoms with Crippen LogP contribution in [-0.4, -0.2) is 65.1 Å². The molecule has 0 radical (unpaired) electrons. The number of hydrogen-bond donors (Lipinski definition) is 0. The van der Waals surface area contributed by atoms with Gasteiger partial charge in [0.1, 0.15) is 11.5 Å². The van der Waals surface area contributed by atoms with E-state index in [2.05, 4.69) is 211 Å². The maximum Gasteiger partial charge on any atom is 0.236 e. The Morgan fingerprint density at radius 2 is 0.742 bits per heavy atom. The lowest BCUT2D eigenvalue weighted by Gasteiger charge is -2.57. The smallest absolute Gasteiger partial charge is 0.236 e. The van der Waals surface area contributed by atoms with Gasteiger partial charge in [0.05, 0.1) is 0 Å². The molecule has 6 bridgehead atoms. The highest BCUT2D eigenvalue weighted by Gasteiger charge is 2.71. The molecule has 0 unspecified atom stereocenters. The van der Waals surface area contributed by atoms with Gasteiger partial charge in [0.25, 0.3) is 0 Å². The van der Waals surface area contributed by atoms with Crippen LogP contribution in [0, 0.1) is 53.3 Å². The molecular formula is C83H95O13P. The van der Waals surface area contributed by atoms with Crippen LogP contribution in [0.4, 0.5) is 0 Å². The van der Waals surface area contributed by atoms with E-state index in [0.29, 0.717) is 41.3 Å². The van der Waals surface area contributed by atoms with Gasteiger partial charge in [-0.25, -0.2) is 29.3 Å². The second-order valence-electron chi connectivity index (χ2n) is 30.3. The number of carbonyl (C=O) groups excluding carboxylic acids is 1. The fourth-order valence-electron chi connectivity index (χ4n) is 19.1. The number of ether oxygens (including phenoxy) is 6. The van der Waals surface area contributed by atoms with Gasteiger partial charge in [-0.1, -0.05) is 173 Å². The van der Waals surface area contributed by atoms with Crippen LogP contribution in [0.3, 0.4) is 0 Å². The summed E-state index contributed by atoms with van der Waals surface area (Å²) in [4.78, 5) is 47.5. The lowest BCUT2D eigenvalue weighted by molar-refractivity contribution is -0.556. The molecule has 12 heterocycles. The first-order valence-corrected chi connectivity index (χ1v) is 37.5. The minimum absolute atomic E-state index is 0.125. The van der Waals surface area contributed by atoms with Crippen molar-refractivity contribution in [2.45, 2.75) is 192 Å². The molecule has 0 N–H and O–H groups in total. The Bertz CT molecular complexity index is 3790. The highest BCUT2D eigenvalue weighted by atomic mass is 31.2. The van der Waals surface area contributed by atoms with E-state index in [9.17, 15) is 4.79 Å². The molecule has 5 aromatic carbocycles. The van der Waals surface area contributed by atoms with Crippen molar-refractivity contribution in [3.63, 3.8) is 0 Å². The summed E-state index contributed by atoms with van der Waals surface area (Å²) in [6.07, 6.45) is 21.6. The van der Waals surface area contributed by atoms with Crippen LogP contribution >= 0.6 is 6.89 Å². The van der Waals surface area contributed by atoms with Crippen molar-refractivity contribution in [1.82, 2.24) is 0 Å². The lowest BCUT2D eigenvalue weighted by atomic mass is 9.59. The molecule has 3 spiro atoms. The van der Waals surface area contributed by atoms with Gasteiger partial charge in [-0.15, -0.1) is 0 Å². The minimum atomic E-state index is -1.96. The van der Waals surface area contributed by atoms with Gasteiger partial charge in [-0.2, -0.15) is 0 Å². The Hall–Kier alpha value is -6.45. The van der Waals surface area contributed by atoms with E-state index >= 15 is 0 Å². The topological polar surface area (TPSA) is 128 Å². The SMILES string of the molecule is C=Cc1cccc(C=P(c2ccccc2)(c2ccccc2)c2ccccc2)c1.CC1=C(C=Cc2cccc(C=CC3=C(C)[C@@H]4CC[C@@H](C)[C@@H]5CC[C@@]6(C)OO[C@@]45[C@H](O3)O6)c2)O[C@@H]2O[C@@]3(C)CC[C@H]4[C@H](C)CC[C@@H]1[C@@]24OO3.CC1=C(C=O)O[C@@H]2O[C@@]3(C)CC[C@H]4[C@H](C)CC[C@@H]1[C@@]24OO3. The van der Waals surface area contributed by atoms with E-state index in [4.69, 9.17) is 57.7 Å².